The van der Waals surface area contributed by atoms with Crippen LogP contribution in [0.4, 0.5) is 5.69 Å². The van der Waals surface area contributed by atoms with Crippen LogP contribution in [0.5, 0.6) is 0 Å². The lowest BCUT2D eigenvalue weighted by molar-refractivity contribution is 1.27. The van der Waals surface area contributed by atoms with Crippen molar-refractivity contribution >= 4 is 28.8 Å². The van der Waals surface area contributed by atoms with Crippen LogP contribution in [-0.2, 0) is 5.75 Å². The van der Waals surface area contributed by atoms with Crippen molar-refractivity contribution < 1.29 is 0 Å². The second-order valence-electron chi connectivity index (χ2n) is 3.66. The average molecular weight is 250 g/mol. The van der Waals surface area contributed by atoms with Crippen LogP contribution in [0.3, 0.4) is 0 Å². The van der Waals surface area contributed by atoms with Gasteiger partial charge in [0, 0.05) is 27.4 Å². The number of aromatic nitrogens is 1. The fourth-order valence-corrected chi connectivity index (χ4v) is 3.28. The Balaban J connectivity index is 2.04. The quantitative estimate of drug-likeness (QED) is 0.668. The van der Waals surface area contributed by atoms with Gasteiger partial charge in [0.15, 0.2) is 0 Å². The van der Waals surface area contributed by atoms with Gasteiger partial charge in [-0.25, -0.2) is 4.98 Å². The average Bonchev–Trinajstić information content (AvgIpc) is 2.63. The van der Waals surface area contributed by atoms with Crippen molar-refractivity contribution in [3.05, 3.63) is 39.8 Å². The van der Waals surface area contributed by atoms with Crippen molar-refractivity contribution in [2.45, 2.75) is 24.5 Å². The normalized spacial score (nSPS) is 10.6. The second-order valence-corrected chi connectivity index (χ2v) is 6.00. The number of hydrogen-bond acceptors (Lipinski definition) is 4. The van der Waals surface area contributed by atoms with Gasteiger partial charge in [-0.05, 0) is 37.6 Å². The van der Waals surface area contributed by atoms with Gasteiger partial charge in [0.2, 0.25) is 0 Å². The number of rotatable bonds is 3. The van der Waals surface area contributed by atoms with Gasteiger partial charge in [0.25, 0.3) is 0 Å². The standard InChI is InChI=1S/C12H14N2S2/c1-8-5-10(13)3-4-12(8)15-7-11-6-14-9(2)16-11/h3-6H,7,13H2,1-2H3. The van der Waals surface area contributed by atoms with Gasteiger partial charge in [0.1, 0.15) is 0 Å². The van der Waals surface area contributed by atoms with E-state index in [1.54, 1.807) is 11.3 Å². The van der Waals surface area contributed by atoms with Gasteiger partial charge in [-0.1, -0.05) is 0 Å². The largest absolute Gasteiger partial charge is 0.399 e. The number of nitrogens with zero attached hydrogens (tertiary/aromatic N) is 1. The van der Waals surface area contributed by atoms with Crippen LogP contribution in [0, 0.1) is 13.8 Å². The van der Waals surface area contributed by atoms with E-state index in [0.29, 0.717) is 0 Å². The molecule has 0 aliphatic heterocycles. The summed E-state index contributed by atoms with van der Waals surface area (Å²) in [4.78, 5) is 6.86. The predicted molar refractivity (Wildman–Crippen MR) is 72.0 cm³/mol. The lowest BCUT2D eigenvalue weighted by Gasteiger charge is -2.05. The molecule has 2 rings (SSSR count). The molecule has 16 heavy (non-hydrogen) atoms. The molecule has 0 amide bonds. The molecule has 0 fully saturated rings. The molecule has 1 heterocycles. The van der Waals surface area contributed by atoms with Crippen LogP contribution in [0.25, 0.3) is 0 Å². The fourth-order valence-electron chi connectivity index (χ4n) is 1.46. The number of nitrogen functional groups attached to an aromatic ring is 1. The zero-order chi connectivity index (χ0) is 11.5. The van der Waals surface area contributed by atoms with Gasteiger partial charge < -0.3 is 5.73 Å². The summed E-state index contributed by atoms with van der Waals surface area (Å²) in [6.07, 6.45) is 1.96. The summed E-state index contributed by atoms with van der Waals surface area (Å²) in [7, 11) is 0. The highest BCUT2D eigenvalue weighted by Crippen LogP contribution is 2.28. The maximum Gasteiger partial charge on any atom is 0.0897 e. The number of anilines is 1. The van der Waals surface area contributed by atoms with Crippen LogP contribution in [0.1, 0.15) is 15.4 Å². The molecule has 2 N–H and O–H groups in total. The van der Waals surface area contributed by atoms with Crippen molar-refractivity contribution in [3.63, 3.8) is 0 Å². The first-order chi connectivity index (χ1) is 7.65. The van der Waals surface area contributed by atoms with E-state index in [-0.39, 0.29) is 0 Å². The van der Waals surface area contributed by atoms with E-state index in [9.17, 15) is 0 Å². The third-order valence-corrected chi connectivity index (χ3v) is 4.56. The first-order valence-electron chi connectivity index (χ1n) is 5.05. The molecule has 2 nitrogen and oxygen atoms in total. The van der Waals surface area contributed by atoms with Crippen LogP contribution < -0.4 is 5.73 Å². The summed E-state index contributed by atoms with van der Waals surface area (Å²) in [5.41, 5.74) is 7.79. The summed E-state index contributed by atoms with van der Waals surface area (Å²) in [5, 5.41) is 1.13. The third kappa shape index (κ3) is 2.77. The van der Waals surface area contributed by atoms with Crippen molar-refractivity contribution in [3.8, 4) is 0 Å². The van der Waals surface area contributed by atoms with Crippen LogP contribution in [-0.4, -0.2) is 4.98 Å². The molecule has 0 saturated heterocycles. The number of aryl methyl sites for hydroxylation is 2. The first-order valence-corrected chi connectivity index (χ1v) is 6.85. The summed E-state index contributed by atoms with van der Waals surface area (Å²) < 4.78 is 0. The van der Waals surface area contributed by atoms with E-state index >= 15 is 0 Å². The maximum atomic E-state index is 5.72. The van der Waals surface area contributed by atoms with Crippen LogP contribution >= 0.6 is 23.1 Å². The minimum atomic E-state index is 0.829. The van der Waals surface area contributed by atoms with Gasteiger partial charge >= 0.3 is 0 Å². The molecule has 0 radical (unpaired) electrons. The van der Waals surface area contributed by atoms with Crippen molar-refractivity contribution in [1.29, 1.82) is 0 Å². The third-order valence-electron chi connectivity index (χ3n) is 2.24. The Bertz CT molecular complexity index is 492. The molecule has 1 aromatic carbocycles. The van der Waals surface area contributed by atoms with E-state index in [0.717, 1.165) is 16.4 Å². The molecule has 0 bridgehead atoms. The van der Waals surface area contributed by atoms with Crippen molar-refractivity contribution in [2.24, 2.45) is 0 Å². The van der Waals surface area contributed by atoms with Gasteiger partial charge in [-0.2, -0.15) is 0 Å². The molecule has 0 aliphatic carbocycles. The molecule has 4 heteroatoms. The maximum absolute atomic E-state index is 5.72. The molecule has 2 aromatic rings. The smallest absolute Gasteiger partial charge is 0.0897 e. The van der Waals surface area contributed by atoms with Crippen molar-refractivity contribution in [1.82, 2.24) is 4.98 Å². The Kier molecular flexibility index (Phi) is 3.51. The van der Waals surface area contributed by atoms with E-state index < -0.39 is 0 Å². The molecule has 84 valence electrons. The van der Waals surface area contributed by atoms with Crippen LogP contribution in [0.15, 0.2) is 29.3 Å². The molecule has 0 spiro atoms. The second kappa shape index (κ2) is 4.89. The molecule has 0 saturated carbocycles. The zero-order valence-electron chi connectivity index (χ0n) is 9.36. The summed E-state index contributed by atoms with van der Waals surface area (Å²) in [6.45, 7) is 4.13. The van der Waals surface area contributed by atoms with Gasteiger partial charge in [-0.3, -0.25) is 0 Å². The molecule has 1 aromatic heterocycles. The number of nitrogens with two attached hydrogens (primary N) is 1. The summed E-state index contributed by atoms with van der Waals surface area (Å²) >= 11 is 3.60. The Morgan fingerprint density at radius 1 is 1.38 bits per heavy atom. The Morgan fingerprint density at radius 3 is 2.81 bits per heavy atom. The highest BCUT2D eigenvalue weighted by molar-refractivity contribution is 7.98. The molecule has 0 aliphatic rings. The number of thiazole rings is 1. The van der Waals surface area contributed by atoms with Gasteiger partial charge in [-0.15, -0.1) is 23.1 Å². The van der Waals surface area contributed by atoms with Crippen LogP contribution in [0.2, 0.25) is 0 Å². The SMILES string of the molecule is Cc1ncc(CSc2ccc(N)cc2C)s1. The minimum Gasteiger partial charge on any atom is -0.399 e. The fraction of sp³-hybridized carbons (Fsp3) is 0.250. The number of benzene rings is 1. The van der Waals surface area contributed by atoms with E-state index in [4.69, 9.17) is 5.73 Å². The lowest BCUT2D eigenvalue weighted by Crippen LogP contribution is -1.87. The Hall–Kier alpha value is -1.00. The Labute approximate surface area is 104 Å². The van der Waals surface area contributed by atoms with E-state index in [2.05, 4.69) is 18.0 Å². The predicted octanol–water partition coefficient (Wildman–Crippen LogP) is 3.63. The lowest BCUT2D eigenvalue weighted by atomic mass is 10.2. The Morgan fingerprint density at radius 2 is 2.19 bits per heavy atom. The molecule has 0 atom stereocenters. The topological polar surface area (TPSA) is 38.9 Å². The summed E-state index contributed by atoms with van der Waals surface area (Å²) in [5.74, 6) is 0.982. The van der Waals surface area contributed by atoms with Gasteiger partial charge in [0.05, 0.1) is 5.01 Å². The van der Waals surface area contributed by atoms with Crippen molar-refractivity contribution in [2.75, 3.05) is 5.73 Å². The van der Waals surface area contributed by atoms with E-state index in [1.165, 1.54) is 15.3 Å². The zero-order valence-corrected chi connectivity index (χ0v) is 11.0. The first kappa shape index (κ1) is 11.5. The number of thioether (sulfide) groups is 1. The minimum absolute atomic E-state index is 0.829. The number of hydrogen-bond donors (Lipinski definition) is 1. The highest BCUT2D eigenvalue weighted by atomic mass is 32.2. The highest BCUT2D eigenvalue weighted by Gasteiger charge is 2.02. The molecular formula is C12H14N2S2. The summed E-state index contributed by atoms with van der Waals surface area (Å²) in [6, 6.07) is 6.05. The molecule has 0 unspecified atom stereocenters. The van der Waals surface area contributed by atoms with E-state index in [1.807, 2.05) is 37.0 Å². The monoisotopic (exact) mass is 250 g/mol. The molecular weight excluding hydrogens is 236 g/mol.